The van der Waals surface area contributed by atoms with Crippen molar-refractivity contribution in [2.75, 3.05) is 14.2 Å². The van der Waals surface area contributed by atoms with Gasteiger partial charge in [-0.2, -0.15) is 4.99 Å². The van der Waals surface area contributed by atoms with E-state index in [1.807, 2.05) is 18.6 Å². The highest BCUT2D eigenvalue weighted by molar-refractivity contribution is 7.07. The van der Waals surface area contributed by atoms with Gasteiger partial charge in [0.15, 0.2) is 4.80 Å². The summed E-state index contributed by atoms with van der Waals surface area (Å²) < 4.78 is 12.1. The zero-order valence-corrected chi connectivity index (χ0v) is 11.7. The van der Waals surface area contributed by atoms with Crippen LogP contribution in [0.25, 0.3) is 0 Å². The third kappa shape index (κ3) is 3.03. The number of thiazole rings is 1. The van der Waals surface area contributed by atoms with E-state index in [0.29, 0.717) is 21.9 Å². The summed E-state index contributed by atoms with van der Waals surface area (Å²) in [6.45, 7) is 0. The number of hydrogen-bond acceptors (Lipinski definition) is 4. The van der Waals surface area contributed by atoms with Crippen LogP contribution in [0.3, 0.4) is 0 Å². The fourth-order valence-corrected chi connectivity index (χ4v) is 2.24. The Kier molecular flexibility index (Phi) is 4.01. The van der Waals surface area contributed by atoms with E-state index in [1.165, 1.54) is 11.3 Å². The van der Waals surface area contributed by atoms with Gasteiger partial charge >= 0.3 is 0 Å². The summed E-state index contributed by atoms with van der Waals surface area (Å²) in [5.41, 5.74) is 0.435. The van der Waals surface area contributed by atoms with Crippen LogP contribution >= 0.6 is 11.3 Å². The molecule has 5 nitrogen and oxygen atoms in total. The summed E-state index contributed by atoms with van der Waals surface area (Å²) in [6.07, 6.45) is 1.85. The number of carbonyl (C=O) groups is 1. The molecule has 100 valence electrons. The number of hydrogen-bond donors (Lipinski definition) is 0. The Hall–Kier alpha value is -2.08. The van der Waals surface area contributed by atoms with Crippen LogP contribution in [-0.4, -0.2) is 24.7 Å². The Labute approximate surface area is 114 Å². The minimum atomic E-state index is -0.324. The van der Waals surface area contributed by atoms with Crippen molar-refractivity contribution in [2.24, 2.45) is 12.0 Å². The molecule has 0 radical (unpaired) electrons. The highest BCUT2D eigenvalue weighted by atomic mass is 32.1. The van der Waals surface area contributed by atoms with Crippen molar-refractivity contribution in [1.29, 1.82) is 0 Å². The maximum atomic E-state index is 12.1. The molecule has 0 unspecified atom stereocenters. The molecule has 0 bridgehead atoms. The molecule has 2 rings (SSSR count). The van der Waals surface area contributed by atoms with Crippen LogP contribution in [0.1, 0.15) is 10.4 Å². The van der Waals surface area contributed by atoms with E-state index in [1.54, 1.807) is 37.0 Å². The van der Waals surface area contributed by atoms with E-state index in [9.17, 15) is 4.79 Å². The van der Waals surface area contributed by atoms with Gasteiger partial charge in [-0.25, -0.2) is 0 Å². The Balaban J connectivity index is 2.42. The van der Waals surface area contributed by atoms with E-state index in [-0.39, 0.29) is 5.91 Å². The highest BCUT2D eigenvalue weighted by Crippen LogP contribution is 2.22. The molecule has 0 fully saturated rings. The molecule has 0 spiro atoms. The van der Waals surface area contributed by atoms with E-state index in [2.05, 4.69) is 4.99 Å². The van der Waals surface area contributed by atoms with Gasteiger partial charge in [-0.15, -0.1) is 11.3 Å². The first-order chi connectivity index (χ1) is 9.13. The Morgan fingerprint density at radius 1 is 1.21 bits per heavy atom. The second kappa shape index (κ2) is 5.71. The molecule has 19 heavy (non-hydrogen) atoms. The topological polar surface area (TPSA) is 52.8 Å². The molecule has 1 aromatic carbocycles. The van der Waals surface area contributed by atoms with Crippen LogP contribution in [0, 0.1) is 0 Å². The lowest BCUT2D eigenvalue weighted by molar-refractivity contribution is 0.0997. The van der Waals surface area contributed by atoms with Crippen molar-refractivity contribution in [3.05, 3.63) is 40.1 Å². The lowest BCUT2D eigenvalue weighted by atomic mass is 10.2. The molecule has 0 aliphatic carbocycles. The monoisotopic (exact) mass is 278 g/mol. The maximum absolute atomic E-state index is 12.1. The standard InChI is InChI=1S/C13H14N2O3S/c1-15-4-5-19-13(15)14-12(16)9-6-10(17-2)8-11(7-9)18-3/h4-8H,1-3H3. The number of aryl methyl sites for hydroxylation is 1. The average Bonchev–Trinajstić information content (AvgIpc) is 2.83. The minimum absolute atomic E-state index is 0.324. The van der Waals surface area contributed by atoms with Gasteiger partial charge in [-0.05, 0) is 12.1 Å². The maximum Gasteiger partial charge on any atom is 0.279 e. The molecule has 0 aliphatic rings. The van der Waals surface area contributed by atoms with Gasteiger partial charge in [0.2, 0.25) is 0 Å². The predicted octanol–water partition coefficient (Wildman–Crippen LogP) is 1.84. The first-order valence-electron chi connectivity index (χ1n) is 5.56. The predicted molar refractivity (Wildman–Crippen MR) is 72.7 cm³/mol. The molecule has 0 N–H and O–H groups in total. The summed E-state index contributed by atoms with van der Waals surface area (Å²) in [5.74, 6) is 0.803. The number of rotatable bonds is 3. The zero-order chi connectivity index (χ0) is 13.8. The molecule has 0 saturated carbocycles. The van der Waals surface area contributed by atoms with E-state index in [4.69, 9.17) is 9.47 Å². The number of benzene rings is 1. The SMILES string of the molecule is COc1cc(OC)cc(C(=O)N=c2sccn2C)c1. The number of nitrogens with zero attached hydrogens (tertiary/aromatic N) is 2. The first kappa shape index (κ1) is 13.4. The summed E-state index contributed by atoms with van der Waals surface area (Å²) in [5, 5.41) is 1.87. The van der Waals surface area contributed by atoms with Crippen molar-refractivity contribution in [3.8, 4) is 11.5 Å². The zero-order valence-electron chi connectivity index (χ0n) is 10.9. The molecule has 0 atom stereocenters. The van der Waals surface area contributed by atoms with Crippen molar-refractivity contribution in [2.45, 2.75) is 0 Å². The Bertz CT molecular complexity index is 636. The van der Waals surface area contributed by atoms with Crippen LogP contribution in [0.4, 0.5) is 0 Å². The van der Waals surface area contributed by atoms with Gasteiger partial charge < -0.3 is 14.0 Å². The summed E-state index contributed by atoms with van der Waals surface area (Å²) in [4.78, 5) is 16.8. The average molecular weight is 278 g/mol. The van der Waals surface area contributed by atoms with Gasteiger partial charge in [0.1, 0.15) is 11.5 Å². The highest BCUT2D eigenvalue weighted by Gasteiger charge is 2.09. The fourth-order valence-electron chi connectivity index (χ4n) is 1.52. The van der Waals surface area contributed by atoms with E-state index in [0.717, 1.165) is 0 Å². The molecule has 2 aromatic rings. The largest absolute Gasteiger partial charge is 0.497 e. The number of methoxy groups -OCH3 is 2. The molecular formula is C13H14N2O3S. The molecule has 0 saturated heterocycles. The fraction of sp³-hybridized carbons (Fsp3) is 0.231. The third-order valence-corrected chi connectivity index (χ3v) is 3.40. The van der Waals surface area contributed by atoms with Gasteiger partial charge in [-0.3, -0.25) is 4.79 Å². The number of amides is 1. The molecule has 1 aromatic heterocycles. The number of aromatic nitrogens is 1. The second-order valence-electron chi connectivity index (χ2n) is 3.81. The van der Waals surface area contributed by atoms with Crippen LogP contribution in [-0.2, 0) is 7.05 Å². The quantitative estimate of drug-likeness (QED) is 0.861. The lowest BCUT2D eigenvalue weighted by Crippen LogP contribution is -2.12. The van der Waals surface area contributed by atoms with Gasteiger partial charge in [0.05, 0.1) is 14.2 Å². The van der Waals surface area contributed by atoms with Gasteiger partial charge in [-0.1, -0.05) is 0 Å². The van der Waals surface area contributed by atoms with Crippen LogP contribution in [0.5, 0.6) is 11.5 Å². The lowest BCUT2D eigenvalue weighted by Gasteiger charge is -2.05. The molecule has 6 heteroatoms. The van der Waals surface area contributed by atoms with E-state index < -0.39 is 0 Å². The minimum Gasteiger partial charge on any atom is -0.497 e. The van der Waals surface area contributed by atoms with Gasteiger partial charge in [0.25, 0.3) is 5.91 Å². The smallest absolute Gasteiger partial charge is 0.279 e. The Morgan fingerprint density at radius 3 is 2.32 bits per heavy atom. The molecule has 1 amide bonds. The van der Waals surface area contributed by atoms with Crippen molar-refractivity contribution in [1.82, 2.24) is 4.57 Å². The molecule has 0 aliphatic heterocycles. The summed E-state index contributed by atoms with van der Waals surface area (Å²) in [7, 11) is 4.92. The Morgan fingerprint density at radius 2 is 1.84 bits per heavy atom. The number of ether oxygens (including phenoxy) is 2. The summed E-state index contributed by atoms with van der Waals surface area (Å²) in [6, 6.07) is 4.99. The van der Waals surface area contributed by atoms with Crippen molar-refractivity contribution >= 4 is 17.2 Å². The third-order valence-electron chi connectivity index (χ3n) is 2.56. The van der Waals surface area contributed by atoms with Crippen molar-refractivity contribution < 1.29 is 14.3 Å². The second-order valence-corrected chi connectivity index (χ2v) is 4.69. The molecular weight excluding hydrogens is 264 g/mol. The summed E-state index contributed by atoms with van der Waals surface area (Å²) >= 11 is 1.41. The number of carbonyl (C=O) groups excluding carboxylic acids is 1. The van der Waals surface area contributed by atoms with E-state index >= 15 is 0 Å². The van der Waals surface area contributed by atoms with Crippen LogP contribution in [0.2, 0.25) is 0 Å². The van der Waals surface area contributed by atoms with Crippen LogP contribution in [0.15, 0.2) is 34.8 Å². The van der Waals surface area contributed by atoms with Crippen LogP contribution < -0.4 is 14.3 Å². The molecule has 1 heterocycles. The van der Waals surface area contributed by atoms with Gasteiger partial charge in [0, 0.05) is 30.3 Å². The van der Waals surface area contributed by atoms with Crippen molar-refractivity contribution in [3.63, 3.8) is 0 Å². The normalized spacial score (nSPS) is 11.4. The first-order valence-corrected chi connectivity index (χ1v) is 6.44.